The Balaban J connectivity index is 1.61. The summed E-state index contributed by atoms with van der Waals surface area (Å²) in [5.41, 5.74) is 4.31. The molecule has 2 aromatic carbocycles. The van der Waals surface area contributed by atoms with Crippen molar-refractivity contribution in [2.45, 2.75) is 39.5 Å². The molecular formula is C25H29ClN2O2. The zero-order valence-corrected chi connectivity index (χ0v) is 18.4. The number of halogens is 1. The maximum absolute atomic E-state index is 12.7. The zero-order valence-electron chi connectivity index (χ0n) is 17.7. The smallest absolute Gasteiger partial charge is 0.239 e. The third-order valence-corrected chi connectivity index (χ3v) is 5.74. The lowest BCUT2D eigenvalue weighted by Gasteiger charge is -2.17. The minimum atomic E-state index is -0.610. The van der Waals surface area contributed by atoms with E-state index in [-0.39, 0.29) is 11.8 Å². The first-order chi connectivity index (χ1) is 14.5. The van der Waals surface area contributed by atoms with E-state index in [4.69, 9.17) is 11.6 Å². The number of carbonyl (C=O) groups excluding carboxylic acids is 2. The van der Waals surface area contributed by atoms with Gasteiger partial charge in [0.2, 0.25) is 11.8 Å². The van der Waals surface area contributed by atoms with E-state index in [1.165, 1.54) is 5.57 Å². The summed E-state index contributed by atoms with van der Waals surface area (Å²) < 4.78 is 0. The van der Waals surface area contributed by atoms with E-state index in [1.807, 2.05) is 48.5 Å². The molecular weight excluding hydrogens is 396 g/mol. The highest BCUT2D eigenvalue weighted by Gasteiger charge is 2.37. The average molecular weight is 425 g/mol. The predicted molar refractivity (Wildman–Crippen MR) is 124 cm³/mol. The molecule has 0 spiro atoms. The van der Waals surface area contributed by atoms with Gasteiger partial charge < -0.3 is 10.2 Å². The maximum atomic E-state index is 12.7. The van der Waals surface area contributed by atoms with Gasteiger partial charge in [0.15, 0.2) is 0 Å². The fourth-order valence-corrected chi connectivity index (χ4v) is 4.01. The fraction of sp³-hybridized carbons (Fsp3) is 0.360. The van der Waals surface area contributed by atoms with Gasteiger partial charge in [-0.3, -0.25) is 9.59 Å². The zero-order chi connectivity index (χ0) is 21.5. The summed E-state index contributed by atoms with van der Waals surface area (Å²) in [4.78, 5) is 27.1. The first-order valence-corrected chi connectivity index (χ1v) is 11.0. The fourth-order valence-electron chi connectivity index (χ4n) is 3.84. The lowest BCUT2D eigenvalue weighted by atomic mass is 9.96. The van der Waals surface area contributed by atoms with Crippen LogP contribution in [-0.4, -0.2) is 24.9 Å². The summed E-state index contributed by atoms with van der Waals surface area (Å²) in [5.74, 6) is -0.914. The lowest BCUT2D eigenvalue weighted by molar-refractivity contribution is -0.132. The van der Waals surface area contributed by atoms with Gasteiger partial charge in [-0.05, 0) is 67.2 Å². The second kappa shape index (κ2) is 10.4. The Morgan fingerprint density at radius 1 is 1.23 bits per heavy atom. The lowest BCUT2D eigenvalue weighted by Crippen LogP contribution is -2.37. The van der Waals surface area contributed by atoms with Crippen molar-refractivity contribution in [2.75, 3.05) is 18.0 Å². The molecule has 1 atom stereocenters. The van der Waals surface area contributed by atoms with Crippen molar-refractivity contribution in [3.05, 3.63) is 70.8 Å². The van der Waals surface area contributed by atoms with Crippen molar-refractivity contribution in [1.29, 1.82) is 0 Å². The van der Waals surface area contributed by atoms with Crippen LogP contribution in [0.25, 0.3) is 5.57 Å². The van der Waals surface area contributed by atoms with Crippen LogP contribution in [0.3, 0.4) is 0 Å². The molecule has 1 fully saturated rings. The summed E-state index contributed by atoms with van der Waals surface area (Å²) in [6.07, 6.45) is 5.51. The maximum Gasteiger partial charge on any atom is 0.239 e. The summed E-state index contributed by atoms with van der Waals surface area (Å²) in [6.45, 7) is 5.28. The van der Waals surface area contributed by atoms with Crippen molar-refractivity contribution in [3.8, 4) is 0 Å². The molecule has 30 heavy (non-hydrogen) atoms. The normalized spacial score (nSPS) is 16.8. The van der Waals surface area contributed by atoms with E-state index in [1.54, 1.807) is 4.90 Å². The number of allylic oxidation sites excluding steroid dienone is 1. The van der Waals surface area contributed by atoms with Gasteiger partial charge in [0.25, 0.3) is 0 Å². The number of unbranched alkanes of at least 4 members (excludes halogenated alkanes) is 1. The molecule has 5 heteroatoms. The molecule has 1 heterocycles. The monoisotopic (exact) mass is 424 g/mol. The Kier molecular flexibility index (Phi) is 7.69. The van der Waals surface area contributed by atoms with Gasteiger partial charge in [0, 0.05) is 23.8 Å². The van der Waals surface area contributed by atoms with Crippen molar-refractivity contribution in [2.24, 2.45) is 5.92 Å². The van der Waals surface area contributed by atoms with Gasteiger partial charge in [-0.2, -0.15) is 0 Å². The van der Waals surface area contributed by atoms with Crippen molar-refractivity contribution >= 4 is 34.7 Å². The van der Waals surface area contributed by atoms with Crippen LogP contribution in [0.2, 0.25) is 5.02 Å². The molecule has 0 aliphatic carbocycles. The van der Waals surface area contributed by atoms with Crippen LogP contribution >= 0.6 is 11.6 Å². The summed E-state index contributed by atoms with van der Waals surface area (Å²) >= 11 is 6.21. The third-order valence-electron chi connectivity index (χ3n) is 5.51. The summed E-state index contributed by atoms with van der Waals surface area (Å²) in [7, 11) is 0. The van der Waals surface area contributed by atoms with Crippen LogP contribution in [0.4, 0.5) is 5.69 Å². The van der Waals surface area contributed by atoms with Gasteiger partial charge >= 0.3 is 0 Å². The van der Waals surface area contributed by atoms with Crippen molar-refractivity contribution in [3.63, 3.8) is 0 Å². The van der Waals surface area contributed by atoms with Crippen LogP contribution in [-0.2, 0) is 9.59 Å². The Hall–Kier alpha value is -2.59. The Bertz CT molecular complexity index is 924. The van der Waals surface area contributed by atoms with Crippen molar-refractivity contribution in [1.82, 2.24) is 5.32 Å². The standard InChI is InChI=1S/C25H29ClN2O2/c1-3-4-8-19(23-17-20(26)12-11-18(23)2)13-15-27-24(29)22-14-16-28(25(22)30)21-9-6-5-7-10-21/h5-12,17,22H,3-4,13-16H2,1-2H3,(H,27,29)/b19-8-. The molecule has 4 nitrogen and oxygen atoms in total. The van der Waals surface area contributed by atoms with Crippen LogP contribution < -0.4 is 10.2 Å². The number of hydrogen-bond acceptors (Lipinski definition) is 2. The Morgan fingerprint density at radius 2 is 2.00 bits per heavy atom. The topological polar surface area (TPSA) is 49.4 Å². The number of carbonyl (C=O) groups is 2. The van der Waals surface area contributed by atoms with E-state index < -0.39 is 5.92 Å². The molecule has 0 bridgehead atoms. The number of anilines is 1. The van der Waals surface area contributed by atoms with Gasteiger partial charge in [-0.25, -0.2) is 0 Å². The minimum Gasteiger partial charge on any atom is -0.355 e. The van der Waals surface area contributed by atoms with Crippen LogP contribution in [0.15, 0.2) is 54.6 Å². The average Bonchev–Trinajstić information content (AvgIpc) is 3.14. The van der Waals surface area contributed by atoms with Gasteiger partial charge in [0.1, 0.15) is 5.92 Å². The number of nitrogens with one attached hydrogen (secondary N) is 1. The molecule has 1 saturated heterocycles. The molecule has 0 radical (unpaired) electrons. The Labute approximate surface area is 183 Å². The molecule has 158 valence electrons. The van der Waals surface area contributed by atoms with E-state index in [0.29, 0.717) is 31.0 Å². The quantitative estimate of drug-likeness (QED) is 0.577. The van der Waals surface area contributed by atoms with Crippen LogP contribution in [0.1, 0.15) is 43.7 Å². The SMILES string of the molecule is CCC/C=C(/CCNC(=O)C1CCN(c2ccccc2)C1=O)c1cc(Cl)ccc1C. The van der Waals surface area contributed by atoms with Crippen LogP contribution in [0, 0.1) is 12.8 Å². The number of rotatable bonds is 8. The summed E-state index contributed by atoms with van der Waals surface area (Å²) in [5, 5.41) is 3.69. The number of aryl methyl sites for hydroxylation is 1. The molecule has 0 aromatic heterocycles. The predicted octanol–water partition coefficient (Wildman–Crippen LogP) is 5.39. The third kappa shape index (κ3) is 5.31. The second-order valence-electron chi connectivity index (χ2n) is 7.68. The van der Waals surface area contributed by atoms with E-state index in [9.17, 15) is 9.59 Å². The second-order valence-corrected chi connectivity index (χ2v) is 8.12. The number of nitrogens with zero attached hydrogens (tertiary/aromatic N) is 1. The molecule has 1 aliphatic heterocycles. The van der Waals surface area contributed by atoms with Gasteiger partial charge in [-0.1, -0.05) is 55.3 Å². The number of amides is 2. The van der Waals surface area contributed by atoms with Crippen LogP contribution in [0.5, 0.6) is 0 Å². The van der Waals surface area contributed by atoms with E-state index in [2.05, 4.69) is 25.2 Å². The highest BCUT2D eigenvalue weighted by molar-refractivity contribution is 6.30. The van der Waals surface area contributed by atoms with Crippen molar-refractivity contribution < 1.29 is 9.59 Å². The van der Waals surface area contributed by atoms with E-state index >= 15 is 0 Å². The number of benzene rings is 2. The highest BCUT2D eigenvalue weighted by Crippen LogP contribution is 2.27. The van der Waals surface area contributed by atoms with E-state index in [0.717, 1.165) is 29.7 Å². The van der Waals surface area contributed by atoms with Gasteiger partial charge in [0.05, 0.1) is 0 Å². The minimum absolute atomic E-state index is 0.119. The van der Waals surface area contributed by atoms with Gasteiger partial charge in [-0.15, -0.1) is 0 Å². The Morgan fingerprint density at radius 3 is 2.73 bits per heavy atom. The molecule has 2 amide bonds. The molecule has 1 unspecified atom stereocenters. The molecule has 3 rings (SSSR count). The largest absolute Gasteiger partial charge is 0.355 e. The number of para-hydroxylation sites is 1. The molecule has 2 aromatic rings. The molecule has 1 aliphatic rings. The summed E-state index contributed by atoms with van der Waals surface area (Å²) in [6, 6.07) is 15.4. The first kappa shape index (κ1) is 22.1. The molecule has 1 N–H and O–H groups in total. The highest BCUT2D eigenvalue weighted by atomic mass is 35.5. The number of hydrogen-bond donors (Lipinski definition) is 1. The first-order valence-electron chi connectivity index (χ1n) is 10.6. The molecule has 0 saturated carbocycles.